The summed E-state index contributed by atoms with van der Waals surface area (Å²) in [7, 11) is 1.49. The predicted molar refractivity (Wildman–Crippen MR) is 352 cm³/mol. The third-order valence-electron chi connectivity index (χ3n) is 18.4. The number of nitrogens with one attached hydrogen (secondary N) is 5. The number of aliphatic hydroxyl groups is 6. The highest BCUT2D eigenvalue weighted by Gasteiger charge is 2.49. The Hall–Kier alpha value is -8.80. The Kier molecular flexibility index (Phi) is 22.5. The lowest BCUT2D eigenvalue weighted by molar-refractivity contribution is -0.277. The summed E-state index contributed by atoms with van der Waals surface area (Å²) in [4.78, 5) is 119. The molecule has 7 aliphatic heterocycles. The summed E-state index contributed by atoms with van der Waals surface area (Å²) in [5.74, 6) is -18.5. The topological polar surface area (TPSA) is 506 Å². The van der Waals surface area contributed by atoms with Crippen LogP contribution < -0.4 is 52.3 Å². The molecule has 18 atom stereocenters. The van der Waals surface area contributed by atoms with Crippen molar-refractivity contribution in [1.29, 1.82) is 0 Å². The van der Waals surface area contributed by atoms with Gasteiger partial charge in [0.1, 0.15) is 83.5 Å². The summed E-state index contributed by atoms with van der Waals surface area (Å²) in [5.41, 5.74) is 8.62. The molecule has 12 rings (SSSR count). The van der Waals surface area contributed by atoms with Crippen molar-refractivity contribution >= 4 is 70.3 Å². The molecule has 542 valence electrons. The maximum Gasteiger partial charge on any atom is 0.330 e. The number of nitrogens with two attached hydrogens (primary N) is 2. The van der Waals surface area contributed by atoms with Crippen LogP contribution >= 0.6 is 23.2 Å². The molecule has 0 aliphatic carbocycles. The highest BCUT2D eigenvalue weighted by molar-refractivity contribution is 6.32. The first-order valence-electron chi connectivity index (χ1n) is 32.1. The number of Topliss-reactive ketones (excluding diaryl/α,β-unsaturated/α-hetero) is 2. The molecule has 0 radical (unpaired) electrons. The Morgan fingerprint density at radius 2 is 1.39 bits per heavy atom. The number of benzene rings is 5. The number of carbonyl (C=O) groups is 8. The number of carboxylic acids is 1. The second-order valence-electron chi connectivity index (χ2n) is 26.3. The number of hydrogen-bond donors (Lipinski definition) is 17. The number of ketones is 2. The third kappa shape index (κ3) is 16.0. The van der Waals surface area contributed by atoms with Gasteiger partial charge >= 0.3 is 5.97 Å². The fraction of sp³-hybridized carbons (Fsp3) is 0.441. The van der Waals surface area contributed by atoms with Crippen LogP contribution in [0.3, 0.4) is 0 Å². The average Bonchev–Trinajstić information content (AvgIpc) is 0.770. The minimum absolute atomic E-state index is 0.0746. The minimum atomic E-state index is -2.25. The number of rotatable bonds is 13. The largest absolute Gasteiger partial charge is 0.508 e. The van der Waals surface area contributed by atoms with Crippen molar-refractivity contribution in [2.75, 3.05) is 13.7 Å². The van der Waals surface area contributed by atoms with Crippen molar-refractivity contribution < 1.29 is 118 Å². The highest BCUT2D eigenvalue weighted by atomic mass is 35.5. The monoisotopic (exact) mass is 1450 g/mol. The number of carbonyl (C=O) groups excluding carboxylic acids is 7. The number of hydrogen-bond acceptors (Lipinski definition) is 25. The number of ether oxygens (including phenoxy) is 6. The van der Waals surface area contributed by atoms with Crippen LogP contribution in [0, 0.1) is 11.8 Å². The molecule has 0 spiro atoms. The van der Waals surface area contributed by atoms with E-state index in [9.17, 15) is 70.2 Å². The lowest BCUT2D eigenvalue weighted by atomic mass is 9.84. The van der Waals surface area contributed by atoms with Crippen LogP contribution in [0.4, 0.5) is 0 Å². The summed E-state index contributed by atoms with van der Waals surface area (Å²) < 4.78 is 38.1. The number of halogens is 2. The highest BCUT2D eigenvalue weighted by Crippen LogP contribution is 2.50. The number of aliphatic carboxylic acids is 1. The molecule has 5 aromatic rings. The fourth-order valence-corrected chi connectivity index (χ4v) is 13.5. The second-order valence-corrected chi connectivity index (χ2v) is 27.1. The van der Waals surface area contributed by atoms with E-state index in [1.807, 2.05) is 13.8 Å². The predicted octanol–water partition coefficient (Wildman–Crippen LogP) is 2.08. The molecule has 31 nitrogen and oxygen atoms in total. The van der Waals surface area contributed by atoms with Gasteiger partial charge in [0.05, 0.1) is 46.7 Å². The molecule has 3 unspecified atom stereocenters. The molecule has 33 heteroatoms. The summed E-state index contributed by atoms with van der Waals surface area (Å²) in [6.45, 7) is 5.67. The van der Waals surface area contributed by atoms with Crippen molar-refractivity contribution in [3.8, 4) is 57.1 Å². The molecule has 0 saturated carbocycles. The lowest BCUT2D eigenvalue weighted by Crippen LogP contribution is -2.61. The Labute approximate surface area is 585 Å². The first kappa shape index (κ1) is 74.9. The molecule has 7 aliphatic rings. The van der Waals surface area contributed by atoms with E-state index < -0.39 is 238 Å². The Balaban J connectivity index is 1.26. The van der Waals surface area contributed by atoms with E-state index in [0.29, 0.717) is 0 Å². The summed E-state index contributed by atoms with van der Waals surface area (Å²) in [6.07, 6.45) is -20.7. The van der Waals surface area contributed by atoms with Crippen molar-refractivity contribution in [2.24, 2.45) is 23.3 Å². The molecule has 0 aromatic heterocycles. The van der Waals surface area contributed by atoms with Crippen LogP contribution in [-0.4, -0.2) is 185 Å². The van der Waals surface area contributed by atoms with E-state index in [-0.39, 0.29) is 57.5 Å². The van der Waals surface area contributed by atoms with Gasteiger partial charge in [-0.25, -0.2) is 4.79 Å². The van der Waals surface area contributed by atoms with Crippen molar-refractivity contribution in [1.82, 2.24) is 26.6 Å². The second kappa shape index (κ2) is 30.4. The quantitative estimate of drug-likeness (QED) is 0.0802. The molecule has 2 fully saturated rings. The first-order chi connectivity index (χ1) is 47.7. The van der Waals surface area contributed by atoms with Gasteiger partial charge in [0.2, 0.25) is 41.6 Å². The zero-order chi connectivity index (χ0) is 73.5. The Bertz CT molecular complexity index is 4070. The van der Waals surface area contributed by atoms with Crippen LogP contribution in [0.1, 0.15) is 118 Å². The van der Waals surface area contributed by atoms with E-state index in [1.54, 1.807) is 0 Å². The van der Waals surface area contributed by atoms with Gasteiger partial charge in [-0.15, -0.1) is 0 Å². The van der Waals surface area contributed by atoms with Gasteiger partial charge in [-0.05, 0) is 110 Å². The minimum Gasteiger partial charge on any atom is -0.508 e. The number of phenolic OH excluding ortho intramolecular Hbond substituents is 3. The van der Waals surface area contributed by atoms with Crippen molar-refractivity contribution in [3.63, 3.8) is 0 Å². The number of fused-ring (bicyclic) bond motifs is 15. The number of aromatic hydroxyl groups is 3. The van der Waals surface area contributed by atoms with E-state index in [4.69, 9.17) is 63.1 Å². The zero-order valence-electron chi connectivity index (χ0n) is 54.7. The maximum atomic E-state index is 16.2. The SMILES string of the molecule is CN[C@H](CC(C)C)C(=O)N[C@H]1C(=O)C[C@@H](CC(N)=O)C(=O)N[C@H]2C(=O)C[C@H]3C(=O)NC(C(=O)N[C@@H](C(=O)O)c4cc(O)cc(O)c4-c4cc3ccc4O)C(O[C@H]3C[C@](C)(N)[C@@H](O)[C@H](C)O3)c3ccc(c(Cl)c3)Oc3cc2cc(c3OC2O[C@H](CO)[C@@H](O)[C@H](O)[C@H]2O)Oc2ccc(cc2Cl)[C@H]1O. The average molecular weight is 1450 g/mol. The van der Waals surface area contributed by atoms with Crippen LogP contribution in [0.15, 0.2) is 78.9 Å². The molecular weight excluding hydrogens is 1370 g/mol. The maximum absolute atomic E-state index is 16.2. The lowest BCUT2D eigenvalue weighted by Gasteiger charge is -2.44. The zero-order valence-corrected chi connectivity index (χ0v) is 56.3. The molecule has 11 bridgehead atoms. The number of aliphatic hydroxyl groups excluding tert-OH is 6. The number of primary amides is 1. The van der Waals surface area contributed by atoms with Gasteiger partial charge < -0.3 is 118 Å². The fourth-order valence-electron chi connectivity index (χ4n) is 13.0. The van der Waals surface area contributed by atoms with E-state index in [0.717, 1.165) is 48.5 Å². The van der Waals surface area contributed by atoms with E-state index >= 15 is 19.2 Å². The molecule has 2 saturated heterocycles. The first-order valence-corrected chi connectivity index (χ1v) is 32.8. The number of phenols is 3. The number of amides is 5. The van der Waals surface area contributed by atoms with Crippen LogP contribution in [-0.2, 0) is 52.6 Å². The van der Waals surface area contributed by atoms with Crippen LogP contribution in [0.2, 0.25) is 10.0 Å². The molecule has 5 amide bonds. The molecule has 101 heavy (non-hydrogen) atoms. The van der Waals surface area contributed by atoms with Crippen LogP contribution in [0.25, 0.3) is 11.1 Å². The summed E-state index contributed by atoms with van der Waals surface area (Å²) in [5, 5.41) is 125. The van der Waals surface area contributed by atoms with Gasteiger partial charge in [-0.1, -0.05) is 55.2 Å². The number of carboxylic acid groups (broad SMARTS) is 1. The Morgan fingerprint density at radius 1 is 0.743 bits per heavy atom. The number of likely N-dealkylation sites (N-methyl/N-ethyl adjacent to an activating group) is 1. The molecule has 7 heterocycles. The summed E-state index contributed by atoms with van der Waals surface area (Å²) >= 11 is 14.3. The van der Waals surface area contributed by atoms with Crippen LogP contribution in [0.5, 0.6) is 46.0 Å². The molecular formula is C68H77Cl2N7O24. The molecule has 5 aromatic carbocycles. The standard InChI is InChI=1S/C68H77Cl2N7O24/c1-25(2)12-38(73-5)64(92)76-53-41(82)16-31(19-48(71)84)62(90)74-51-30-17-45(97-43-10-7-28(55(53)85)14-36(43)69)60(101-67-58(88)57(87)56(86)47(24-78)99-67)46(18-30)98-44-11-8-29(15-37(44)70)59(100-49-23-68(4,72)61(89)26(3)96-49)54-65(93)75-52(66(94)95)35-20-32(79)21-40(81)50(35)34-13-27(6-9-39(34)80)33(22-42(51)83)63(91)77-54/h6-11,13-15,17-18,20-21,25-26,31,33,38,47,49,51-59,61,67,73,78-81,85-89H,12,16,19,22-24,72H2,1-5H3,(H2,71,84)(H,74,90)(H,75,93)(H,76,92)(H,77,91)(H,94,95)/t26-,31-,33+,38+,47+,49-,51+,52+,53-,54?,55+,56+,57-,58+,59?,61-,67?,68-/m0/s1. The Morgan fingerprint density at radius 3 is 1.99 bits per heavy atom. The van der Waals surface area contributed by atoms with Crippen molar-refractivity contribution in [3.05, 3.63) is 117 Å². The van der Waals surface area contributed by atoms with E-state index in [2.05, 4.69) is 26.6 Å². The van der Waals surface area contributed by atoms with Crippen molar-refractivity contribution in [2.45, 2.75) is 163 Å². The summed E-state index contributed by atoms with van der Waals surface area (Å²) in [6, 6.07) is 4.89. The van der Waals surface area contributed by atoms with Gasteiger partial charge in [0.25, 0.3) is 0 Å². The smallest absolute Gasteiger partial charge is 0.330 e. The molecule has 19 N–H and O–H groups in total. The van der Waals surface area contributed by atoms with E-state index in [1.165, 1.54) is 51.2 Å². The van der Waals surface area contributed by atoms with Gasteiger partial charge in [-0.3, -0.25) is 33.6 Å². The normalized spacial score (nSPS) is 29.6. The van der Waals surface area contributed by atoms with Gasteiger partial charge in [0.15, 0.2) is 35.4 Å². The van der Waals surface area contributed by atoms with Gasteiger partial charge in [0, 0.05) is 54.0 Å². The van der Waals surface area contributed by atoms with Gasteiger partial charge in [-0.2, -0.15) is 0 Å². The third-order valence-corrected chi connectivity index (χ3v) is 18.9.